The molecule has 2 amide bonds. The van der Waals surface area contributed by atoms with E-state index in [-0.39, 0.29) is 12.1 Å². The second-order valence-corrected chi connectivity index (χ2v) is 7.95. The van der Waals surface area contributed by atoms with Crippen molar-refractivity contribution in [3.05, 3.63) is 81.0 Å². The molecule has 2 heterocycles. The summed E-state index contributed by atoms with van der Waals surface area (Å²) in [6, 6.07) is 13.7. The van der Waals surface area contributed by atoms with E-state index in [1.54, 1.807) is 47.3 Å². The highest BCUT2D eigenvalue weighted by Gasteiger charge is 2.33. The van der Waals surface area contributed by atoms with Gasteiger partial charge >= 0.3 is 6.03 Å². The van der Waals surface area contributed by atoms with E-state index in [4.69, 9.17) is 23.2 Å². The molecule has 4 rings (SSSR count). The fourth-order valence-corrected chi connectivity index (χ4v) is 3.46. The topological polar surface area (TPSA) is 62.5 Å². The van der Waals surface area contributed by atoms with Gasteiger partial charge in [0.2, 0.25) is 0 Å². The summed E-state index contributed by atoms with van der Waals surface area (Å²) >= 11 is 15.3. The number of urea groups is 1. The number of hydrogen-bond acceptors (Lipinski definition) is 3. The Bertz CT molecular complexity index is 1030. The maximum atomic E-state index is 12.7. The minimum atomic E-state index is -0.331. The van der Waals surface area contributed by atoms with Gasteiger partial charge < -0.3 is 5.32 Å². The molecule has 1 aliphatic rings. The number of nitrogens with zero attached hydrogens (tertiary/aromatic N) is 4. The molecular formula is C19H14BrCl2N5O. The maximum Gasteiger partial charge on any atom is 0.342 e. The molecule has 9 heteroatoms. The lowest BCUT2D eigenvalue weighted by molar-refractivity contribution is 0.215. The molecule has 0 radical (unpaired) electrons. The van der Waals surface area contributed by atoms with Crippen LogP contribution in [0.1, 0.15) is 11.6 Å². The first kappa shape index (κ1) is 19.0. The molecule has 1 aromatic heterocycles. The predicted octanol–water partition coefficient (Wildman–Crippen LogP) is 5.45. The molecule has 0 spiro atoms. The van der Waals surface area contributed by atoms with Crippen LogP contribution in [0.5, 0.6) is 0 Å². The standard InChI is InChI=1S/C19H14BrCl2N5O/c20-13-9-23-26(10-13)17-11-27(19(28)24-16-7-5-15(22)6-8-16)25-18(17)12-1-3-14(21)4-2-12/h1-10,17H,11H2,(H,24,28). The highest BCUT2D eigenvalue weighted by Crippen LogP contribution is 2.26. The molecule has 1 unspecified atom stereocenters. The van der Waals surface area contributed by atoms with Crippen molar-refractivity contribution in [2.24, 2.45) is 5.10 Å². The third-order valence-electron chi connectivity index (χ3n) is 4.25. The minimum absolute atomic E-state index is 0.219. The van der Waals surface area contributed by atoms with E-state index in [2.05, 4.69) is 31.4 Å². The summed E-state index contributed by atoms with van der Waals surface area (Å²) in [5, 5.41) is 14.4. The summed E-state index contributed by atoms with van der Waals surface area (Å²) in [6.07, 6.45) is 3.56. The summed E-state index contributed by atoms with van der Waals surface area (Å²) < 4.78 is 2.64. The fourth-order valence-electron chi connectivity index (χ4n) is 2.90. The van der Waals surface area contributed by atoms with Crippen molar-refractivity contribution < 1.29 is 4.79 Å². The van der Waals surface area contributed by atoms with Crippen molar-refractivity contribution >= 4 is 56.6 Å². The molecule has 1 N–H and O–H groups in total. The van der Waals surface area contributed by atoms with E-state index in [9.17, 15) is 4.79 Å². The molecule has 0 fully saturated rings. The zero-order valence-corrected chi connectivity index (χ0v) is 17.5. The van der Waals surface area contributed by atoms with Crippen LogP contribution < -0.4 is 5.32 Å². The molecule has 28 heavy (non-hydrogen) atoms. The van der Waals surface area contributed by atoms with Crippen LogP contribution in [0.25, 0.3) is 0 Å². The number of aromatic nitrogens is 2. The Kier molecular flexibility index (Phi) is 5.39. The average Bonchev–Trinajstić information content (AvgIpc) is 3.31. The molecule has 0 saturated heterocycles. The molecule has 0 aliphatic carbocycles. The quantitative estimate of drug-likeness (QED) is 0.544. The largest absolute Gasteiger partial charge is 0.342 e. The average molecular weight is 479 g/mol. The van der Waals surface area contributed by atoms with Gasteiger partial charge in [-0.1, -0.05) is 35.3 Å². The van der Waals surface area contributed by atoms with Crippen LogP contribution in [0.3, 0.4) is 0 Å². The number of hydrogen-bond donors (Lipinski definition) is 1. The molecular weight excluding hydrogens is 465 g/mol. The normalized spacial score (nSPS) is 16.2. The summed E-state index contributed by atoms with van der Waals surface area (Å²) in [7, 11) is 0. The maximum absolute atomic E-state index is 12.7. The van der Waals surface area contributed by atoms with Crippen molar-refractivity contribution in [3.8, 4) is 0 Å². The Labute approximate surface area is 179 Å². The van der Waals surface area contributed by atoms with Gasteiger partial charge in [-0.3, -0.25) is 4.68 Å². The molecule has 2 aromatic carbocycles. The van der Waals surface area contributed by atoms with Gasteiger partial charge in [-0.2, -0.15) is 10.2 Å². The monoisotopic (exact) mass is 477 g/mol. The van der Waals surface area contributed by atoms with Crippen molar-refractivity contribution in [2.75, 3.05) is 11.9 Å². The fraction of sp³-hybridized carbons (Fsp3) is 0.105. The molecule has 6 nitrogen and oxygen atoms in total. The highest BCUT2D eigenvalue weighted by atomic mass is 79.9. The van der Waals surface area contributed by atoms with Gasteiger partial charge in [0.05, 0.1) is 22.9 Å². The van der Waals surface area contributed by atoms with Gasteiger partial charge in [0.25, 0.3) is 0 Å². The van der Waals surface area contributed by atoms with Crippen molar-refractivity contribution in [1.82, 2.24) is 14.8 Å². The Morgan fingerprint density at radius 3 is 2.32 bits per heavy atom. The second-order valence-electron chi connectivity index (χ2n) is 6.17. The van der Waals surface area contributed by atoms with E-state index in [1.165, 1.54) is 5.01 Å². The second kappa shape index (κ2) is 7.95. The third-order valence-corrected chi connectivity index (χ3v) is 5.16. The van der Waals surface area contributed by atoms with Crippen LogP contribution in [0.15, 0.2) is 70.5 Å². The van der Waals surface area contributed by atoms with E-state index in [1.807, 2.05) is 18.3 Å². The van der Waals surface area contributed by atoms with E-state index in [0.29, 0.717) is 22.3 Å². The Balaban J connectivity index is 1.62. The zero-order valence-electron chi connectivity index (χ0n) is 14.4. The van der Waals surface area contributed by atoms with Gasteiger partial charge in [-0.05, 0) is 52.3 Å². The lowest BCUT2D eigenvalue weighted by Gasteiger charge is -2.16. The first-order chi connectivity index (χ1) is 13.5. The van der Waals surface area contributed by atoms with Crippen LogP contribution in [-0.4, -0.2) is 33.1 Å². The van der Waals surface area contributed by atoms with Crippen LogP contribution in [0.2, 0.25) is 10.0 Å². The van der Waals surface area contributed by atoms with Gasteiger partial charge in [0.15, 0.2) is 0 Å². The highest BCUT2D eigenvalue weighted by molar-refractivity contribution is 9.10. The minimum Gasteiger partial charge on any atom is -0.306 e. The number of nitrogens with one attached hydrogen (secondary N) is 1. The SMILES string of the molecule is O=C(Nc1ccc(Cl)cc1)N1CC(n2cc(Br)cn2)C(c2ccc(Cl)cc2)=N1. The lowest BCUT2D eigenvalue weighted by atomic mass is 10.0. The van der Waals surface area contributed by atoms with Crippen LogP contribution in [-0.2, 0) is 0 Å². The first-order valence-electron chi connectivity index (χ1n) is 8.38. The van der Waals surface area contributed by atoms with Gasteiger partial charge in [0, 0.05) is 27.5 Å². The zero-order chi connectivity index (χ0) is 19.7. The van der Waals surface area contributed by atoms with Crippen LogP contribution in [0.4, 0.5) is 10.5 Å². The summed E-state index contributed by atoms with van der Waals surface area (Å²) in [5.74, 6) is 0. The summed E-state index contributed by atoms with van der Waals surface area (Å²) in [4.78, 5) is 12.7. The van der Waals surface area contributed by atoms with Crippen molar-refractivity contribution in [3.63, 3.8) is 0 Å². The Hall–Kier alpha value is -2.35. The third kappa shape index (κ3) is 4.06. The molecule has 3 aromatic rings. The van der Waals surface area contributed by atoms with E-state index >= 15 is 0 Å². The van der Waals surface area contributed by atoms with E-state index < -0.39 is 0 Å². The molecule has 1 aliphatic heterocycles. The number of rotatable bonds is 3. The van der Waals surface area contributed by atoms with Crippen LogP contribution >= 0.6 is 39.1 Å². The Morgan fingerprint density at radius 2 is 1.71 bits per heavy atom. The summed E-state index contributed by atoms with van der Waals surface area (Å²) in [6.45, 7) is 0.353. The molecule has 1 atom stereocenters. The summed E-state index contributed by atoms with van der Waals surface area (Å²) in [5.41, 5.74) is 2.25. The number of amides is 2. The molecule has 0 saturated carbocycles. The number of hydrazone groups is 1. The first-order valence-corrected chi connectivity index (χ1v) is 9.93. The Morgan fingerprint density at radius 1 is 1.07 bits per heavy atom. The van der Waals surface area contributed by atoms with Gasteiger partial charge in [0.1, 0.15) is 6.04 Å². The van der Waals surface area contributed by atoms with Crippen LogP contribution in [0, 0.1) is 0 Å². The van der Waals surface area contributed by atoms with Crippen molar-refractivity contribution in [1.29, 1.82) is 0 Å². The predicted molar refractivity (Wildman–Crippen MR) is 114 cm³/mol. The number of carbonyl (C=O) groups excluding carboxylic acids is 1. The molecule has 142 valence electrons. The van der Waals surface area contributed by atoms with Crippen molar-refractivity contribution in [2.45, 2.75) is 6.04 Å². The molecule has 0 bridgehead atoms. The number of carbonyl (C=O) groups is 1. The number of halogens is 3. The smallest absolute Gasteiger partial charge is 0.306 e. The van der Waals surface area contributed by atoms with Gasteiger partial charge in [-0.25, -0.2) is 9.80 Å². The van der Waals surface area contributed by atoms with E-state index in [0.717, 1.165) is 15.7 Å². The number of anilines is 1. The van der Waals surface area contributed by atoms with Gasteiger partial charge in [-0.15, -0.1) is 0 Å². The number of benzene rings is 2. The lowest BCUT2D eigenvalue weighted by Crippen LogP contribution is -2.31.